The van der Waals surface area contributed by atoms with Crippen LogP contribution in [0.2, 0.25) is 0 Å². The van der Waals surface area contributed by atoms with E-state index in [4.69, 9.17) is 0 Å². The normalized spacial score (nSPS) is 11.3. The van der Waals surface area contributed by atoms with Gasteiger partial charge in [-0.3, -0.25) is 4.98 Å². The summed E-state index contributed by atoms with van der Waals surface area (Å²) in [7, 11) is 0. The fourth-order valence-corrected chi connectivity index (χ4v) is 2.14. The maximum Gasteiger partial charge on any atom is 0.146 e. The molecule has 1 nitrogen and oxygen atoms in total. The van der Waals surface area contributed by atoms with Gasteiger partial charge in [-0.15, -0.1) is 11.8 Å². The third-order valence-electron chi connectivity index (χ3n) is 2.60. The maximum absolute atomic E-state index is 13.9. The number of thioether (sulfide) groups is 1. The highest BCUT2D eigenvalue weighted by Gasteiger charge is 2.09. The van der Waals surface area contributed by atoms with Crippen molar-refractivity contribution in [2.45, 2.75) is 24.7 Å². The van der Waals surface area contributed by atoms with Crippen molar-refractivity contribution in [3.8, 4) is 0 Å². The van der Waals surface area contributed by atoms with Gasteiger partial charge in [0, 0.05) is 16.0 Å². The maximum atomic E-state index is 13.9. The molecule has 0 fully saturated rings. The number of rotatable bonds is 2. The monoisotopic (exact) mass is 235 g/mol. The van der Waals surface area contributed by atoms with Gasteiger partial charge in [-0.1, -0.05) is 13.8 Å². The summed E-state index contributed by atoms with van der Waals surface area (Å²) in [5, 5.41) is 0.608. The number of hydrogen-bond acceptors (Lipinski definition) is 2. The van der Waals surface area contributed by atoms with Gasteiger partial charge in [0.1, 0.15) is 5.82 Å². The molecule has 2 aromatic rings. The van der Waals surface area contributed by atoms with Gasteiger partial charge in [0.05, 0.1) is 5.52 Å². The SMILES string of the molecule is CSc1ccc2nc(C(C)C)ccc2c1F. The van der Waals surface area contributed by atoms with Crippen molar-refractivity contribution in [1.29, 1.82) is 0 Å². The molecular formula is C13H14FNS. The Bertz CT molecular complexity index is 523. The Morgan fingerprint density at radius 2 is 1.94 bits per heavy atom. The zero-order valence-electron chi connectivity index (χ0n) is 9.62. The number of hydrogen-bond donors (Lipinski definition) is 0. The molecule has 1 heterocycles. The van der Waals surface area contributed by atoms with Crippen LogP contribution in [-0.4, -0.2) is 11.2 Å². The van der Waals surface area contributed by atoms with Crippen molar-refractivity contribution in [3.63, 3.8) is 0 Å². The first-order valence-electron chi connectivity index (χ1n) is 5.26. The molecule has 0 radical (unpaired) electrons. The highest BCUT2D eigenvalue weighted by molar-refractivity contribution is 7.98. The third kappa shape index (κ3) is 1.92. The molecule has 0 atom stereocenters. The van der Waals surface area contributed by atoms with Gasteiger partial charge in [0.25, 0.3) is 0 Å². The van der Waals surface area contributed by atoms with E-state index in [0.717, 1.165) is 11.2 Å². The van der Waals surface area contributed by atoms with Crippen molar-refractivity contribution in [3.05, 3.63) is 35.8 Å². The number of nitrogens with zero attached hydrogens (tertiary/aromatic N) is 1. The summed E-state index contributed by atoms with van der Waals surface area (Å²) in [4.78, 5) is 5.13. The summed E-state index contributed by atoms with van der Waals surface area (Å²) in [6, 6.07) is 7.41. The highest BCUT2D eigenvalue weighted by Crippen LogP contribution is 2.27. The van der Waals surface area contributed by atoms with E-state index in [2.05, 4.69) is 18.8 Å². The topological polar surface area (TPSA) is 12.9 Å². The van der Waals surface area contributed by atoms with Crippen LogP contribution in [0.3, 0.4) is 0 Å². The molecular weight excluding hydrogens is 221 g/mol. The minimum atomic E-state index is -0.159. The molecule has 0 aliphatic rings. The minimum absolute atomic E-state index is 0.159. The lowest BCUT2D eigenvalue weighted by molar-refractivity contribution is 0.614. The van der Waals surface area contributed by atoms with Crippen LogP contribution in [0.25, 0.3) is 10.9 Å². The lowest BCUT2D eigenvalue weighted by Gasteiger charge is -2.07. The van der Waals surface area contributed by atoms with Crippen molar-refractivity contribution in [2.24, 2.45) is 0 Å². The number of pyridine rings is 1. The van der Waals surface area contributed by atoms with E-state index < -0.39 is 0 Å². The van der Waals surface area contributed by atoms with Gasteiger partial charge in [-0.2, -0.15) is 0 Å². The van der Waals surface area contributed by atoms with Crippen molar-refractivity contribution in [1.82, 2.24) is 4.98 Å². The van der Waals surface area contributed by atoms with E-state index in [1.54, 1.807) is 6.07 Å². The first-order chi connectivity index (χ1) is 7.63. The molecule has 0 aliphatic heterocycles. The van der Waals surface area contributed by atoms with Crippen molar-refractivity contribution >= 4 is 22.7 Å². The molecule has 0 amide bonds. The predicted octanol–water partition coefficient (Wildman–Crippen LogP) is 4.22. The third-order valence-corrected chi connectivity index (χ3v) is 3.36. The van der Waals surface area contributed by atoms with Crippen LogP contribution >= 0.6 is 11.8 Å². The van der Waals surface area contributed by atoms with Crippen LogP contribution in [0.15, 0.2) is 29.2 Å². The standard InChI is InChI=1S/C13H14FNS/c1-8(2)10-5-4-9-11(15-10)6-7-12(16-3)13(9)14/h4-8H,1-3H3. The summed E-state index contributed by atoms with van der Waals surface area (Å²) in [5.41, 5.74) is 1.74. The zero-order chi connectivity index (χ0) is 11.7. The Labute approximate surface area is 99.1 Å². The summed E-state index contributed by atoms with van der Waals surface area (Å²) >= 11 is 1.42. The Balaban J connectivity index is 2.65. The van der Waals surface area contributed by atoms with Crippen LogP contribution in [0.1, 0.15) is 25.5 Å². The molecule has 0 saturated carbocycles. The van der Waals surface area contributed by atoms with Gasteiger partial charge in [-0.25, -0.2) is 4.39 Å². The molecule has 1 aromatic heterocycles. The van der Waals surface area contributed by atoms with Crippen LogP contribution < -0.4 is 0 Å². The van der Waals surface area contributed by atoms with Gasteiger partial charge >= 0.3 is 0 Å². The number of aromatic nitrogens is 1. The molecule has 0 bridgehead atoms. The van der Waals surface area contributed by atoms with Crippen LogP contribution in [0.5, 0.6) is 0 Å². The van der Waals surface area contributed by atoms with Gasteiger partial charge in [0.15, 0.2) is 0 Å². The largest absolute Gasteiger partial charge is 0.252 e. The van der Waals surface area contributed by atoms with Crippen LogP contribution in [0, 0.1) is 5.82 Å². The van der Waals surface area contributed by atoms with Gasteiger partial charge in [0.2, 0.25) is 0 Å². The average molecular weight is 235 g/mol. The second-order valence-electron chi connectivity index (χ2n) is 4.04. The minimum Gasteiger partial charge on any atom is -0.252 e. The van der Waals surface area contributed by atoms with Gasteiger partial charge < -0.3 is 0 Å². The fourth-order valence-electron chi connectivity index (χ4n) is 1.64. The molecule has 0 saturated heterocycles. The predicted molar refractivity (Wildman–Crippen MR) is 67.6 cm³/mol. The van der Waals surface area contributed by atoms with E-state index in [1.165, 1.54) is 11.8 Å². The molecule has 2 rings (SSSR count). The second-order valence-corrected chi connectivity index (χ2v) is 4.89. The lowest BCUT2D eigenvalue weighted by atomic mass is 10.1. The van der Waals surface area contributed by atoms with E-state index in [9.17, 15) is 4.39 Å². The molecule has 16 heavy (non-hydrogen) atoms. The van der Waals surface area contributed by atoms with Crippen LogP contribution in [-0.2, 0) is 0 Å². The van der Waals surface area contributed by atoms with Crippen molar-refractivity contribution < 1.29 is 4.39 Å². The molecule has 1 aromatic carbocycles. The molecule has 0 spiro atoms. The van der Waals surface area contributed by atoms with Gasteiger partial charge in [-0.05, 0) is 36.4 Å². The highest BCUT2D eigenvalue weighted by atomic mass is 32.2. The Morgan fingerprint density at radius 1 is 1.19 bits per heavy atom. The van der Waals surface area contributed by atoms with Crippen LogP contribution in [0.4, 0.5) is 4.39 Å². The number of fused-ring (bicyclic) bond motifs is 1. The molecule has 84 valence electrons. The Morgan fingerprint density at radius 3 is 2.56 bits per heavy atom. The first-order valence-corrected chi connectivity index (χ1v) is 6.49. The zero-order valence-corrected chi connectivity index (χ0v) is 10.4. The molecule has 0 N–H and O–H groups in total. The second kappa shape index (κ2) is 4.42. The smallest absolute Gasteiger partial charge is 0.146 e. The molecule has 3 heteroatoms. The quantitative estimate of drug-likeness (QED) is 0.723. The summed E-state index contributed by atoms with van der Waals surface area (Å²) in [6.07, 6.45) is 1.88. The molecule has 0 unspecified atom stereocenters. The molecule has 0 aliphatic carbocycles. The van der Waals surface area contributed by atoms with E-state index in [-0.39, 0.29) is 5.82 Å². The lowest BCUT2D eigenvalue weighted by Crippen LogP contribution is -1.94. The van der Waals surface area contributed by atoms with Crippen molar-refractivity contribution in [2.75, 3.05) is 6.26 Å². The Hall–Kier alpha value is -1.09. The van der Waals surface area contributed by atoms with E-state index in [0.29, 0.717) is 16.2 Å². The number of benzene rings is 1. The van der Waals surface area contributed by atoms with E-state index >= 15 is 0 Å². The number of halogens is 1. The fraction of sp³-hybridized carbons (Fsp3) is 0.308. The summed E-state index contributed by atoms with van der Waals surface area (Å²) in [5.74, 6) is 0.209. The Kier molecular flexibility index (Phi) is 3.15. The van der Waals surface area contributed by atoms with E-state index in [1.807, 2.05) is 24.5 Å². The summed E-state index contributed by atoms with van der Waals surface area (Å²) < 4.78 is 13.9. The summed E-state index contributed by atoms with van der Waals surface area (Å²) in [6.45, 7) is 4.17. The first kappa shape index (κ1) is 11.4. The average Bonchev–Trinajstić information content (AvgIpc) is 2.29.